The second-order valence-electron chi connectivity index (χ2n) is 7.69. The average molecular weight is 437 g/mol. The lowest BCUT2D eigenvalue weighted by atomic mass is 10.1. The number of amides is 3. The Morgan fingerprint density at radius 3 is 2.62 bits per heavy atom. The number of hydrogen-bond acceptors (Lipinski definition) is 5. The molecule has 1 aromatic carbocycles. The molecule has 7 nitrogen and oxygen atoms in total. The summed E-state index contributed by atoms with van der Waals surface area (Å²) in [6.45, 7) is 8.31. The van der Waals surface area contributed by atoms with Gasteiger partial charge in [0, 0.05) is 28.9 Å². The largest absolute Gasteiger partial charge is 0.478 e. The number of hydrogen-bond donors (Lipinski definition) is 2. The van der Waals surface area contributed by atoms with E-state index in [2.05, 4.69) is 15.6 Å². The van der Waals surface area contributed by atoms with E-state index in [1.165, 1.54) is 11.3 Å². The molecule has 0 atom stereocenters. The van der Waals surface area contributed by atoms with Gasteiger partial charge in [-0.2, -0.15) is 0 Å². The summed E-state index contributed by atoms with van der Waals surface area (Å²) in [5.41, 5.74) is -0.0934. The number of carbonyl (C=O) groups excluding carboxylic acids is 2. The minimum absolute atomic E-state index is 0.0422. The van der Waals surface area contributed by atoms with Crippen LogP contribution >= 0.6 is 22.9 Å². The van der Waals surface area contributed by atoms with E-state index in [1.54, 1.807) is 43.0 Å². The van der Waals surface area contributed by atoms with Gasteiger partial charge in [-0.25, -0.2) is 9.78 Å². The number of nitrogens with zero attached hydrogens (tertiary/aromatic N) is 2. The Morgan fingerprint density at radius 1 is 1.28 bits per heavy atom. The summed E-state index contributed by atoms with van der Waals surface area (Å²) in [7, 11) is 0. The fraction of sp³-hybridized carbons (Fsp3) is 0.450. The van der Waals surface area contributed by atoms with Crippen molar-refractivity contribution in [2.75, 3.05) is 11.9 Å². The molecule has 0 unspecified atom stereocenters. The van der Waals surface area contributed by atoms with Gasteiger partial charge >= 0.3 is 6.03 Å². The molecule has 2 N–H and O–H groups in total. The first-order chi connectivity index (χ1) is 13.6. The number of anilines is 1. The van der Waals surface area contributed by atoms with Crippen LogP contribution in [0.5, 0.6) is 5.75 Å². The van der Waals surface area contributed by atoms with Gasteiger partial charge in [0.15, 0.2) is 10.7 Å². The van der Waals surface area contributed by atoms with Crippen LogP contribution in [0, 0.1) is 0 Å². The number of fused-ring (bicyclic) bond motifs is 1. The molecule has 3 amide bonds. The number of halogens is 1. The number of rotatable bonds is 5. The molecule has 156 valence electrons. The van der Waals surface area contributed by atoms with E-state index < -0.39 is 5.60 Å². The highest BCUT2D eigenvalue weighted by atomic mass is 35.5. The predicted octanol–water partition coefficient (Wildman–Crippen LogP) is 4.07. The topological polar surface area (TPSA) is 83.6 Å². The van der Waals surface area contributed by atoms with Crippen LogP contribution in [0.1, 0.15) is 38.3 Å². The maximum atomic E-state index is 13.1. The standard InChI is InChI=1S/C20H25ClN4O3S/c1-12(2)22-18(27)24-19-23-15-9-10-25(11-16(15)29-19)17(26)20(3,4)28-14-7-5-13(21)6-8-14/h5-8,12H,9-11H2,1-4H3,(H2,22,23,24,27). The molecule has 0 saturated heterocycles. The summed E-state index contributed by atoms with van der Waals surface area (Å²) in [6.07, 6.45) is 0.641. The highest BCUT2D eigenvalue weighted by Gasteiger charge is 2.36. The van der Waals surface area contributed by atoms with Gasteiger partial charge in [0.25, 0.3) is 5.91 Å². The van der Waals surface area contributed by atoms with E-state index in [4.69, 9.17) is 16.3 Å². The van der Waals surface area contributed by atoms with Crippen molar-refractivity contribution in [3.8, 4) is 5.75 Å². The van der Waals surface area contributed by atoms with E-state index in [1.807, 2.05) is 13.8 Å². The number of thiazole rings is 1. The Hall–Kier alpha value is -2.32. The van der Waals surface area contributed by atoms with E-state index in [9.17, 15) is 9.59 Å². The lowest BCUT2D eigenvalue weighted by molar-refractivity contribution is -0.146. The van der Waals surface area contributed by atoms with Gasteiger partial charge in [0.2, 0.25) is 0 Å². The van der Waals surface area contributed by atoms with Gasteiger partial charge < -0.3 is 15.0 Å². The van der Waals surface area contributed by atoms with Gasteiger partial charge in [-0.1, -0.05) is 22.9 Å². The summed E-state index contributed by atoms with van der Waals surface area (Å²) in [4.78, 5) is 32.2. The summed E-state index contributed by atoms with van der Waals surface area (Å²) < 4.78 is 5.93. The molecular weight excluding hydrogens is 412 g/mol. The molecule has 0 spiro atoms. The zero-order valence-corrected chi connectivity index (χ0v) is 18.5. The second kappa shape index (κ2) is 8.59. The molecule has 2 aromatic rings. The molecule has 3 rings (SSSR count). The van der Waals surface area contributed by atoms with Crippen molar-refractivity contribution in [1.82, 2.24) is 15.2 Å². The monoisotopic (exact) mass is 436 g/mol. The van der Waals surface area contributed by atoms with Gasteiger partial charge in [0.1, 0.15) is 5.75 Å². The Labute approximate surface area is 179 Å². The minimum Gasteiger partial charge on any atom is -0.478 e. The number of ether oxygens (including phenoxy) is 1. The third-order valence-electron chi connectivity index (χ3n) is 4.36. The molecule has 0 fully saturated rings. The van der Waals surface area contributed by atoms with Gasteiger partial charge in [0.05, 0.1) is 12.2 Å². The van der Waals surface area contributed by atoms with E-state index in [0.29, 0.717) is 35.4 Å². The second-order valence-corrected chi connectivity index (χ2v) is 9.21. The smallest absolute Gasteiger partial charge is 0.321 e. The van der Waals surface area contributed by atoms with Crippen molar-refractivity contribution in [2.45, 2.75) is 52.3 Å². The maximum Gasteiger partial charge on any atom is 0.321 e. The molecule has 0 radical (unpaired) electrons. The third kappa shape index (κ3) is 5.39. The fourth-order valence-electron chi connectivity index (χ4n) is 3.04. The van der Waals surface area contributed by atoms with Crippen molar-refractivity contribution in [2.24, 2.45) is 0 Å². The van der Waals surface area contributed by atoms with Crippen molar-refractivity contribution >= 4 is 40.0 Å². The molecule has 0 saturated carbocycles. The van der Waals surface area contributed by atoms with Crippen molar-refractivity contribution in [1.29, 1.82) is 0 Å². The Kier molecular flexibility index (Phi) is 6.33. The molecule has 29 heavy (non-hydrogen) atoms. The number of carbonyl (C=O) groups is 2. The lowest BCUT2D eigenvalue weighted by Crippen LogP contribution is -2.50. The van der Waals surface area contributed by atoms with Crippen LogP contribution in [-0.2, 0) is 17.8 Å². The van der Waals surface area contributed by atoms with Crippen molar-refractivity contribution in [3.05, 3.63) is 39.9 Å². The summed E-state index contributed by atoms with van der Waals surface area (Å²) >= 11 is 7.30. The SMILES string of the molecule is CC(C)NC(=O)Nc1nc2c(s1)CN(C(=O)C(C)(C)Oc1ccc(Cl)cc1)CC2. The molecule has 0 aliphatic carbocycles. The highest BCUT2D eigenvalue weighted by molar-refractivity contribution is 7.15. The van der Waals surface area contributed by atoms with Crippen LogP contribution in [0.3, 0.4) is 0 Å². The number of aromatic nitrogens is 1. The van der Waals surface area contributed by atoms with Crippen LogP contribution in [0.2, 0.25) is 5.02 Å². The number of benzene rings is 1. The first-order valence-electron chi connectivity index (χ1n) is 9.44. The molecular formula is C20H25ClN4O3S. The molecule has 1 aliphatic rings. The lowest BCUT2D eigenvalue weighted by Gasteiger charge is -2.34. The molecule has 0 bridgehead atoms. The normalized spacial score (nSPS) is 13.8. The van der Waals surface area contributed by atoms with Crippen LogP contribution in [-0.4, -0.2) is 40.0 Å². The van der Waals surface area contributed by atoms with Crippen LogP contribution < -0.4 is 15.4 Å². The Morgan fingerprint density at radius 2 is 1.97 bits per heavy atom. The zero-order chi connectivity index (χ0) is 21.2. The van der Waals surface area contributed by atoms with Gasteiger partial charge in [-0.15, -0.1) is 0 Å². The predicted molar refractivity (Wildman–Crippen MR) is 115 cm³/mol. The minimum atomic E-state index is -1.02. The first kappa shape index (κ1) is 21.4. The van der Waals surface area contributed by atoms with Crippen LogP contribution in [0.15, 0.2) is 24.3 Å². The molecule has 1 aliphatic heterocycles. The summed E-state index contributed by atoms with van der Waals surface area (Å²) in [5.74, 6) is 0.490. The van der Waals surface area contributed by atoms with Crippen molar-refractivity contribution in [3.63, 3.8) is 0 Å². The Bertz CT molecular complexity index is 896. The average Bonchev–Trinajstić information content (AvgIpc) is 3.03. The van der Waals surface area contributed by atoms with Gasteiger partial charge in [-0.05, 0) is 52.0 Å². The highest BCUT2D eigenvalue weighted by Crippen LogP contribution is 2.30. The third-order valence-corrected chi connectivity index (χ3v) is 5.61. The Balaban J connectivity index is 1.65. The van der Waals surface area contributed by atoms with Crippen LogP contribution in [0.25, 0.3) is 0 Å². The summed E-state index contributed by atoms with van der Waals surface area (Å²) in [5, 5.41) is 6.69. The van der Waals surface area contributed by atoms with E-state index in [0.717, 1.165) is 10.6 Å². The van der Waals surface area contributed by atoms with Crippen LogP contribution in [0.4, 0.5) is 9.93 Å². The van der Waals surface area contributed by atoms with E-state index >= 15 is 0 Å². The summed E-state index contributed by atoms with van der Waals surface area (Å²) in [6, 6.07) is 6.71. The van der Waals surface area contributed by atoms with Crippen molar-refractivity contribution < 1.29 is 14.3 Å². The number of urea groups is 1. The van der Waals surface area contributed by atoms with E-state index in [-0.39, 0.29) is 18.0 Å². The fourth-order valence-corrected chi connectivity index (χ4v) is 4.18. The first-order valence-corrected chi connectivity index (χ1v) is 10.6. The zero-order valence-electron chi connectivity index (χ0n) is 16.9. The number of nitrogens with one attached hydrogen (secondary N) is 2. The quantitative estimate of drug-likeness (QED) is 0.740. The molecule has 2 heterocycles. The molecule has 9 heteroatoms. The maximum absolute atomic E-state index is 13.1. The molecule has 1 aromatic heterocycles. The van der Waals surface area contributed by atoms with Gasteiger partial charge in [-0.3, -0.25) is 10.1 Å².